The third kappa shape index (κ3) is 11.9. The van der Waals surface area contributed by atoms with Crippen LogP contribution in [-0.2, 0) is 28.5 Å². The number of carbonyl (C=O) groups excluding carboxylic acids is 3. The summed E-state index contributed by atoms with van der Waals surface area (Å²) in [6.45, 7) is 6.51. The number of nitrogens with one attached hydrogen (secondary N) is 2. The van der Waals surface area contributed by atoms with E-state index in [-0.39, 0.29) is 19.1 Å². The third-order valence-corrected chi connectivity index (χ3v) is 6.21. The van der Waals surface area contributed by atoms with E-state index in [0.717, 1.165) is 25.7 Å². The molecule has 0 unspecified atom stereocenters. The molecule has 0 aliphatic heterocycles. The van der Waals surface area contributed by atoms with E-state index in [1.807, 2.05) is 0 Å². The number of ether oxygens (including phenoxy) is 5. The molecule has 1 fully saturated rings. The summed E-state index contributed by atoms with van der Waals surface area (Å²) in [6.07, 6.45) is 3.01. The van der Waals surface area contributed by atoms with Crippen molar-refractivity contribution >= 4 is 18.1 Å². The Balaban J connectivity index is 1.32. The molecule has 0 spiro atoms. The molecule has 0 radical (unpaired) electrons. The molecule has 2 rings (SSSR count). The highest BCUT2D eigenvalue weighted by atomic mass is 16.6. The lowest BCUT2D eigenvalue weighted by Crippen LogP contribution is -2.48. The van der Waals surface area contributed by atoms with Crippen LogP contribution in [0.2, 0.25) is 0 Å². The number of primary amides is 1. The lowest BCUT2D eigenvalue weighted by Gasteiger charge is -2.18. The summed E-state index contributed by atoms with van der Waals surface area (Å²) in [5, 5.41) is 5.12. The SMILES string of the molecule is CC(C)[C@H](NC(=O)OCCOCCOCCOCCNC(=O)OC[C@@H]1[C@@H]2CCC#CCC[C@@H]21)C(N)=O. The number of fused-ring (bicyclic) bond motifs is 1. The van der Waals surface area contributed by atoms with Crippen LogP contribution in [0.5, 0.6) is 0 Å². The highest BCUT2D eigenvalue weighted by molar-refractivity contribution is 5.84. The van der Waals surface area contributed by atoms with E-state index in [2.05, 4.69) is 22.5 Å². The van der Waals surface area contributed by atoms with Gasteiger partial charge in [0.05, 0.1) is 46.2 Å². The molecule has 11 nitrogen and oxygen atoms in total. The Bertz CT molecular complexity index is 733. The monoisotopic (exact) mass is 511 g/mol. The van der Waals surface area contributed by atoms with Gasteiger partial charge < -0.3 is 40.1 Å². The van der Waals surface area contributed by atoms with E-state index in [9.17, 15) is 14.4 Å². The minimum atomic E-state index is -0.777. The zero-order chi connectivity index (χ0) is 26.2. The second kappa shape index (κ2) is 17.0. The van der Waals surface area contributed by atoms with Gasteiger partial charge in [0.1, 0.15) is 12.6 Å². The van der Waals surface area contributed by atoms with Crippen LogP contribution < -0.4 is 16.4 Å². The Morgan fingerprint density at radius 2 is 1.39 bits per heavy atom. The number of carbonyl (C=O) groups is 3. The Morgan fingerprint density at radius 3 is 1.94 bits per heavy atom. The van der Waals surface area contributed by atoms with E-state index >= 15 is 0 Å². The van der Waals surface area contributed by atoms with Crippen molar-refractivity contribution in [3.63, 3.8) is 0 Å². The largest absolute Gasteiger partial charge is 0.449 e. The molecule has 36 heavy (non-hydrogen) atoms. The number of hydrogen-bond donors (Lipinski definition) is 3. The molecule has 0 aromatic heterocycles. The first-order valence-electron chi connectivity index (χ1n) is 12.7. The predicted molar refractivity (Wildman–Crippen MR) is 131 cm³/mol. The van der Waals surface area contributed by atoms with Crippen molar-refractivity contribution in [1.82, 2.24) is 10.6 Å². The van der Waals surface area contributed by atoms with Crippen molar-refractivity contribution in [3.8, 4) is 11.8 Å². The Labute approximate surface area is 213 Å². The first-order valence-corrected chi connectivity index (χ1v) is 12.7. The zero-order valence-electron chi connectivity index (χ0n) is 21.4. The molecule has 0 saturated heterocycles. The molecule has 0 heterocycles. The summed E-state index contributed by atoms with van der Waals surface area (Å²) in [6, 6.07) is -0.777. The summed E-state index contributed by atoms with van der Waals surface area (Å²) >= 11 is 0. The van der Waals surface area contributed by atoms with E-state index in [4.69, 9.17) is 29.4 Å². The van der Waals surface area contributed by atoms with E-state index in [1.165, 1.54) is 0 Å². The van der Waals surface area contributed by atoms with Gasteiger partial charge in [-0.25, -0.2) is 9.59 Å². The first-order chi connectivity index (χ1) is 17.4. The Kier molecular flexibility index (Phi) is 14.0. The number of alkyl carbamates (subject to hydrolysis) is 2. The number of rotatable bonds is 17. The summed E-state index contributed by atoms with van der Waals surface area (Å²) in [5.41, 5.74) is 5.23. The summed E-state index contributed by atoms with van der Waals surface area (Å²) in [5.74, 6) is 7.42. The molecule has 3 amide bonds. The lowest BCUT2D eigenvalue weighted by atomic mass is 10.0. The van der Waals surface area contributed by atoms with E-state index in [1.54, 1.807) is 13.8 Å². The molecular formula is C25H41N3O8. The first kappa shape index (κ1) is 29.7. The fourth-order valence-electron chi connectivity index (χ4n) is 4.20. The van der Waals surface area contributed by atoms with Crippen LogP contribution in [0.25, 0.3) is 0 Å². The minimum absolute atomic E-state index is 0.0464. The van der Waals surface area contributed by atoms with Crippen molar-refractivity contribution in [1.29, 1.82) is 0 Å². The van der Waals surface area contributed by atoms with Gasteiger partial charge in [-0.1, -0.05) is 13.8 Å². The summed E-state index contributed by atoms with van der Waals surface area (Å²) < 4.78 is 26.4. The molecule has 2 aliphatic rings. The van der Waals surface area contributed by atoms with Crippen LogP contribution in [0.15, 0.2) is 0 Å². The van der Waals surface area contributed by atoms with Gasteiger partial charge >= 0.3 is 12.2 Å². The standard InChI is InChI=1S/C25H41N3O8/c1-18(2)22(23(26)29)28-25(31)35-16-15-34-14-13-33-12-11-32-10-9-27-24(30)36-17-21-19-7-5-3-4-6-8-20(19)21/h18-22H,5-17H2,1-2H3,(H2,26,29)(H,27,30)(H,28,31)/t19-,20+,21-,22-/m0/s1. The van der Waals surface area contributed by atoms with Gasteiger partial charge in [0.25, 0.3) is 0 Å². The van der Waals surface area contributed by atoms with Gasteiger partial charge in [-0.15, -0.1) is 11.8 Å². The third-order valence-electron chi connectivity index (χ3n) is 6.21. The van der Waals surface area contributed by atoms with Crippen molar-refractivity contribution in [2.45, 2.75) is 45.6 Å². The fourth-order valence-corrected chi connectivity index (χ4v) is 4.20. The van der Waals surface area contributed by atoms with Crippen LogP contribution >= 0.6 is 0 Å². The van der Waals surface area contributed by atoms with Gasteiger partial charge in [-0.05, 0) is 36.5 Å². The maximum atomic E-state index is 11.8. The van der Waals surface area contributed by atoms with E-state index in [0.29, 0.717) is 63.9 Å². The topological polar surface area (TPSA) is 147 Å². The summed E-state index contributed by atoms with van der Waals surface area (Å²) in [4.78, 5) is 34.7. The van der Waals surface area contributed by atoms with E-state index < -0.39 is 24.1 Å². The van der Waals surface area contributed by atoms with Crippen LogP contribution in [0.1, 0.15) is 39.5 Å². The molecular weight excluding hydrogens is 470 g/mol. The molecule has 4 N–H and O–H groups in total. The zero-order valence-corrected chi connectivity index (χ0v) is 21.4. The summed E-state index contributed by atoms with van der Waals surface area (Å²) in [7, 11) is 0. The van der Waals surface area contributed by atoms with Crippen molar-refractivity contribution in [2.75, 3.05) is 59.4 Å². The molecule has 2 aliphatic carbocycles. The second-order valence-corrected chi connectivity index (χ2v) is 9.19. The van der Waals surface area contributed by atoms with Gasteiger partial charge in [-0.2, -0.15) is 0 Å². The average Bonchev–Trinajstić information content (AvgIpc) is 3.47. The molecule has 4 atom stereocenters. The highest BCUT2D eigenvalue weighted by Gasteiger charge is 2.49. The van der Waals surface area contributed by atoms with Crippen LogP contribution in [0.4, 0.5) is 9.59 Å². The molecule has 11 heteroatoms. The highest BCUT2D eigenvalue weighted by Crippen LogP contribution is 2.52. The van der Waals surface area contributed by atoms with Crippen molar-refractivity contribution < 1.29 is 38.1 Å². The molecule has 1 saturated carbocycles. The average molecular weight is 512 g/mol. The Morgan fingerprint density at radius 1 is 0.833 bits per heavy atom. The maximum absolute atomic E-state index is 11.8. The van der Waals surface area contributed by atoms with Gasteiger partial charge in [-0.3, -0.25) is 4.79 Å². The van der Waals surface area contributed by atoms with Crippen LogP contribution in [0, 0.1) is 35.5 Å². The molecule has 204 valence electrons. The molecule has 0 aromatic rings. The fraction of sp³-hybridized carbons (Fsp3) is 0.800. The van der Waals surface area contributed by atoms with Gasteiger partial charge in [0.15, 0.2) is 0 Å². The molecule has 0 aromatic carbocycles. The van der Waals surface area contributed by atoms with Crippen LogP contribution in [0.3, 0.4) is 0 Å². The maximum Gasteiger partial charge on any atom is 0.407 e. The van der Waals surface area contributed by atoms with Crippen molar-refractivity contribution in [3.05, 3.63) is 0 Å². The second-order valence-electron chi connectivity index (χ2n) is 9.19. The van der Waals surface area contributed by atoms with Crippen molar-refractivity contribution in [2.24, 2.45) is 29.4 Å². The Hall–Kier alpha value is -2.55. The minimum Gasteiger partial charge on any atom is -0.449 e. The number of hydrogen-bond acceptors (Lipinski definition) is 8. The van der Waals surface area contributed by atoms with Gasteiger partial charge in [0, 0.05) is 19.4 Å². The molecule has 0 bridgehead atoms. The van der Waals surface area contributed by atoms with Crippen LogP contribution in [-0.4, -0.2) is 83.5 Å². The normalized spacial score (nSPS) is 21.1. The quantitative estimate of drug-likeness (QED) is 0.196. The number of nitrogens with two attached hydrogens (primary N) is 1. The number of amides is 3. The predicted octanol–water partition coefficient (Wildman–Crippen LogP) is 1.44. The lowest BCUT2D eigenvalue weighted by molar-refractivity contribution is -0.120. The van der Waals surface area contributed by atoms with Gasteiger partial charge in [0.2, 0.25) is 5.91 Å². The smallest absolute Gasteiger partial charge is 0.407 e.